The molecule has 2 heteroatoms. The maximum atomic E-state index is 3.45. The molecule has 110 valence electrons. The minimum atomic E-state index is 0.680. The Morgan fingerprint density at radius 3 is 2.42 bits per heavy atom. The quantitative estimate of drug-likeness (QED) is 0.742. The van der Waals surface area contributed by atoms with Crippen molar-refractivity contribution in [3.8, 4) is 0 Å². The lowest BCUT2D eigenvalue weighted by Crippen LogP contribution is -2.54. The molecule has 2 nitrogen and oxygen atoms in total. The largest absolute Gasteiger partial charge is 0.316 e. The van der Waals surface area contributed by atoms with E-state index in [1.54, 1.807) is 6.42 Å². The Bertz CT molecular complexity index is 311. The first-order chi connectivity index (χ1) is 9.03. The van der Waals surface area contributed by atoms with Crippen molar-refractivity contribution < 1.29 is 0 Å². The summed E-state index contributed by atoms with van der Waals surface area (Å²) in [5.74, 6) is 2.13. The molecule has 4 rings (SSSR count). The molecule has 4 saturated carbocycles. The second-order valence-corrected chi connectivity index (χ2v) is 8.36. The molecule has 0 aromatic carbocycles. The molecule has 0 amide bonds. The lowest BCUT2D eigenvalue weighted by Gasteiger charge is -2.62. The molecule has 0 heterocycles. The van der Waals surface area contributed by atoms with Crippen LogP contribution in [0.4, 0.5) is 0 Å². The minimum Gasteiger partial charge on any atom is -0.316 e. The summed E-state index contributed by atoms with van der Waals surface area (Å²) in [5.41, 5.74) is 1.38. The van der Waals surface area contributed by atoms with Crippen LogP contribution in [0.3, 0.4) is 0 Å². The summed E-state index contributed by atoms with van der Waals surface area (Å²) in [6.07, 6.45) is 9.20. The average molecular weight is 264 g/mol. The molecule has 4 fully saturated rings. The molecule has 1 N–H and O–H groups in total. The van der Waals surface area contributed by atoms with Crippen LogP contribution in [0.1, 0.15) is 52.4 Å². The van der Waals surface area contributed by atoms with Crippen molar-refractivity contribution in [1.82, 2.24) is 10.2 Å². The van der Waals surface area contributed by atoms with Gasteiger partial charge >= 0.3 is 0 Å². The zero-order chi connectivity index (χ0) is 13.5. The first kappa shape index (κ1) is 13.9. The van der Waals surface area contributed by atoms with Crippen LogP contribution in [0.25, 0.3) is 0 Å². The van der Waals surface area contributed by atoms with Gasteiger partial charge in [-0.3, -0.25) is 0 Å². The molecule has 0 saturated heterocycles. The fourth-order valence-corrected chi connectivity index (χ4v) is 6.21. The Morgan fingerprint density at radius 1 is 1.16 bits per heavy atom. The summed E-state index contributed by atoms with van der Waals surface area (Å²) in [7, 11) is 2.33. The predicted octanol–water partition coefficient (Wildman–Crippen LogP) is 3.13. The average Bonchev–Trinajstić information content (AvgIpc) is 2.24. The summed E-state index contributed by atoms with van der Waals surface area (Å²) >= 11 is 0. The van der Waals surface area contributed by atoms with E-state index in [-0.39, 0.29) is 0 Å². The van der Waals surface area contributed by atoms with Crippen molar-refractivity contribution in [2.24, 2.45) is 22.7 Å². The number of hydrogen-bond donors (Lipinski definition) is 1. The van der Waals surface area contributed by atoms with Crippen molar-refractivity contribution >= 4 is 0 Å². The zero-order valence-electron chi connectivity index (χ0n) is 13.2. The van der Waals surface area contributed by atoms with Gasteiger partial charge in [0.25, 0.3) is 0 Å². The summed E-state index contributed by atoms with van der Waals surface area (Å²) < 4.78 is 0. The molecule has 0 aromatic rings. The molecule has 19 heavy (non-hydrogen) atoms. The molecule has 2 atom stereocenters. The van der Waals surface area contributed by atoms with Crippen LogP contribution in [0.2, 0.25) is 0 Å². The van der Waals surface area contributed by atoms with Gasteiger partial charge in [0.2, 0.25) is 0 Å². The highest BCUT2D eigenvalue weighted by Gasteiger charge is 2.55. The van der Waals surface area contributed by atoms with Gasteiger partial charge in [0.05, 0.1) is 0 Å². The van der Waals surface area contributed by atoms with Gasteiger partial charge in [-0.25, -0.2) is 0 Å². The molecule has 4 aliphatic rings. The van der Waals surface area contributed by atoms with E-state index in [9.17, 15) is 0 Å². The molecule has 4 bridgehead atoms. The van der Waals surface area contributed by atoms with Crippen molar-refractivity contribution in [3.05, 3.63) is 0 Å². The Hall–Kier alpha value is -0.0800. The minimum absolute atomic E-state index is 0.680. The SMILES string of the molecule is CCNCCN(C)CC12CC3CC(CC(C)(C3)C1)C2. The summed E-state index contributed by atoms with van der Waals surface area (Å²) in [6, 6.07) is 0. The van der Waals surface area contributed by atoms with E-state index >= 15 is 0 Å². The molecule has 0 spiro atoms. The highest BCUT2D eigenvalue weighted by molar-refractivity contribution is 5.06. The van der Waals surface area contributed by atoms with Crippen LogP contribution < -0.4 is 5.32 Å². The Morgan fingerprint density at radius 2 is 1.84 bits per heavy atom. The Labute approximate surface area is 119 Å². The van der Waals surface area contributed by atoms with Crippen molar-refractivity contribution in [2.75, 3.05) is 33.2 Å². The second kappa shape index (κ2) is 5.04. The van der Waals surface area contributed by atoms with Crippen LogP contribution in [-0.2, 0) is 0 Å². The molecule has 2 unspecified atom stereocenters. The summed E-state index contributed by atoms with van der Waals surface area (Å²) in [6.45, 7) is 9.58. The highest BCUT2D eigenvalue weighted by atomic mass is 15.1. The number of rotatable bonds is 6. The standard InChI is InChI=1S/C17H32N2/c1-4-18-5-6-19(3)13-17-10-14-7-15(11-17)9-16(2,8-14)12-17/h14-15,18H,4-13H2,1-3H3. The van der Waals surface area contributed by atoms with Gasteiger partial charge in [0.15, 0.2) is 0 Å². The van der Waals surface area contributed by atoms with Gasteiger partial charge in [-0.05, 0) is 74.8 Å². The maximum Gasteiger partial charge on any atom is 0.0104 e. The molecule has 0 radical (unpaired) electrons. The summed E-state index contributed by atoms with van der Waals surface area (Å²) in [4.78, 5) is 2.60. The summed E-state index contributed by atoms with van der Waals surface area (Å²) in [5, 5.41) is 3.45. The highest BCUT2D eigenvalue weighted by Crippen LogP contribution is 2.65. The number of nitrogens with zero attached hydrogens (tertiary/aromatic N) is 1. The fourth-order valence-electron chi connectivity index (χ4n) is 6.21. The topological polar surface area (TPSA) is 15.3 Å². The zero-order valence-corrected chi connectivity index (χ0v) is 13.2. The van der Waals surface area contributed by atoms with E-state index in [0.717, 1.165) is 24.9 Å². The van der Waals surface area contributed by atoms with E-state index in [1.165, 1.54) is 45.2 Å². The second-order valence-electron chi connectivity index (χ2n) is 8.36. The maximum absolute atomic E-state index is 3.45. The van der Waals surface area contributed by atoms with Gasteiger partial charge in [0, 0.05) is 19.6 Å². The monoisotopic (exact) mass is 264 g/mol. The molecule has 4 aliphatic carbocycles. The van der Waals surface area contributed by atoms with Crippen LogP contribution in [0.5, 0.6) is 0 Å². The van der Waals surface area contributed by atoms with Crippen LogP contribution >= 0.6 is 0 Å². The van der Waals surface area contributed by atoms with Gasteiger partial charge in [-0.2, -0.15) is 0 Å². The van der Waals surface area contributed by atoms with Crippen molar-refractivity contribution in [3.63, 3.8) is 0 Å². The molecule has 0 aliphatic heterocycles. The van der Waals surface area contributed by atoms with E-state index < -0.39 is 0 Å². The fraction of sp³-hybridized carbons (Fsp3) is 1.00. The Balaban J connectivity index is 1.60. The third-order valence-electron chi connectivity index (χ3n) is 6.00. The molecular formula is C17H32N2. The van der Waals surface area contributed by atoms with Crippen LogP contribution in [0, 0.1) is 22.7 Å². The van der Waals surface area contributed by atoms with E-state index in [0.29, 0.717) is 10.8 Å². The van der Waals surface area contributed by atoms with E-state index in [2.05, 4.69) is 31.1 Å². The van der Waals surface area contributed by atoms with E-state index in [1.807, 2.05) is 0 Å². The first-order valence-electron chi connectivity index (χ1n) is 8.42. The lowest BCUT2D eigenvalue weighted by molar-refractivity contribution is -0.111. The van der Waals surface area contributed by atoms with Gasteiger partial charge < -0.3 is 10.2 Å². The van der Waals surface area contributed by atoms with Crippen LogP contribution in [-0.4, -0.2) is 38.1 Å². The number of hydrogen-bond acceptors (Lipinski definition) is 2. The first-order valence-corrected chi connectivity index (χ1v) is 8.42. The van der Waals surface area contributed by atoms with Crippen molar-refractivity contribution in [2.45, 2.75) is 52.4 Å². The third-order valence-corrected chi connectivity index (χ3v) is 6.00. The normalized spacial score (nSPS) is 44.2. The van der Waals surface area contributed by atoms with Crippen molar-refractivity contribution in [1.29, 1.82) is 0 Å². The number of nitrogens with one attached hydrogen (secondary N) is 1. The predicted molar refractivity (Wildman–Crippen MR) is 81.3 cm³/mol. The third kappa shape index (κ3) is 2.85. The smallest absolute Gasteiger partial charge is 0.0104 e. The molecule has 0 aromatic heterocycles. The van der Waals surface area contributed by atoms with Gasteiger partial charge in [0.1, 0.15) is 0 Å². The van der Waals surface area contributed by atoms with Crippen LogP contribution in [0.15, 0.2) is 0 Å². The lowest BCUT2D eigenvalue weighted by atomic mass is 9.44. The number of likely N-dealkylation sites (N-methyl/N-ethyl adjacent to an activating group) is 2. The Kier molecular flexibility index (Phi) is 3.68. The van der Waals surface area contributed by atoms with E-state index in [4.69, 9.17) is 0 Å². The molecular weight excluding hydrogens is 232 g/mol. The van der Waals surface area contributed by atoms with Gasteiger partial charge in [-0.15, -0.1) is 0 Å². The van der Waals surface area contributed by atoms with Gasteiger partial charge in [-0.1, -0.05) is 13.8 Å².